The third kappa shape index (κ3) is 6.06. The van der Waals surface area contributed by atoms with E-state index in [1.807, 2.05) is 0 Å². The Hall–Kier alpha value is -1.89. The minimum atomic E-state index is -4.93. The van der Waals surface area contributed by atoms with Crippen molar-refractivity contribution >= 4 is 22.3 Å². The van der Waals surface area contributed by atoms with Gasteiger partial charge in [-0.25, -0.2) is 8.98 Å². The summed E-state index contributed by atoms with van der Waals surface area (Å²) >= 11 is 0. The topological polar surface area (TPSA) is 239 Å². The van der Waals surface area contributed by atoms with Crippen LogP contribution in [0.3, 0.4) is 0 Å². The molecule has 2 aliphatic rings. The fourth-order valence-electron chi connectivity index (χ4n) is 2.81. The fourth-order valence-corrected chi connectivity index (χ4v) is 3.11. The third-order valence-electron chi connectivity index (χ3n) is 4.14. The molecule has 0 saturated carbocycles. The average Bonchev–Trinajstić information content (AvgIpc) is 2.61. The minimum absolute atomic E-state index is 0.702. The van der Waals surface area contributed by atoms with Gasteiger partial charge in [0.25, 0.3) is 0 Å². The first-order valence-corrected chi connectivity index (χ1v) is 9.70. The molecule has 2 aliphatic heterocycles. The van der Waals surface area contributed by atoms with Crippen LogP contribution in [0.15, 0.2) is 11.8 Å². The maximum Gasteiger partial charge on any atom is 0.397 e. The molecule has 2 unspecified atom stereocenters. The summed E-state index contributed by atoms with van der Waals surface area (Å²) in [6.45, 7) is 0.0887. The Labute approximate surface area is 169 Å². The number of hydrogen-bond donors (Lipinski definition) is 7. The Bertz CT molecular complexity index is 784. The van der Waals surface area contributed by atoms with Gasteiger partial charge in [-0.1, -0.05) is 0 Å². The largest absolute Gasteiger partial charge is 0.475 e. The minimum Gasteiger partial charge on any atom is -0.475 e. The molecule has 16 heteroatoms. The molecule has 0 bridgehead atoms. The molecule has 0 radical (unpaired) electrons. The molecule has 172 valence electrons. The molecular weight excluding hydrogens is 438 g/mol. The van der Waals surface area contributed by atoms with Crippen molar-refractivity contribution in [3.05, 3.63) is 11.8 Å². The molecule has 0 aromatic heterocycles. The van der Waals surface area contributed by atoms with Gasteiger partial charge in [0.1, 0.15) is 36.6 Å². The molecule has 0 aliphatic carbocycles. The number of rotatable bonds is 7. The standard InChI is InChI=1S/C14H21NO14S/c1-4(16)15-8-11(10(19)7(27-13(8)22)3-26-30(23,24)25)29-14-9(18)5(17)2-6(28-14)12(20)21/h2,5,7-11,13-14,17-19,22H,3H2,1H3,(H,15,16)(H,20,21)(H,23,24,25)/t5-,7+,8+,9+,10-,11+,13?,14?/m0/s1. The summed E-state index contributed by atoms with van der Waals surface area (Å²) in [5, 5.41) is 51.7. The predicted molar refractivity (Wildman–Crippen MR) is 89.5 cm³/mol. The third-order valence-corrected chi connectivity index (χ3v) is 4.57. The van der Waals surface area contributed by atoms with Crippen molar-refractivity contribution in [2.45, 2.75) is 56.1 Å². The number of nitrogens with one attached hydrogen (secondary N) is 1. The fraction of sp³-hybridized carbons (Fsp3) is 0.714. The van der Waals surface area contributed by atoms with Crippen LogP contribution in [0.25, 0.3) is 0 Å². The van der Waals surface area contributed by atoms with E-state index in [9.17, 15) is 38.4 Å². The average molecular weight is 459 g/mol. The van der Waals surface area contributed by atoms with Crippen LogP contribution < -0.4 is 5.32 Å². The van der Waals surface area contributed by atoms with Crippen LogP contribution >= 0.6 is 0 Å². The van der Waals surface area contributed by atoms with Gasteiger partial charge in [0, 0.05) is 6.92 Å². The first kappa shape index (κ1) is 24.4. The van der Waals surface area contributed by atoms with Gasteiger partial charge >= 0.3 is 16.4 Å². The van der Waals surface area contributed by atoms with E-state index in [-0.39, 0.29) is 0 Å². The highest BCUT2D eigenvalue weighted by molar-refractivity contribution is 7.80. The van der Waals surface area contributed by atoms with Gasteiger partial charge in [-0.15, -0.1) is 0 Å². The summed E-state index contributed by atoms with van der Waals surface area (Å²) in [6.07, 6.45) is -11.8. The Morgan fingerprint density at radius 2 is 1.83 bits per heavy atom. The number of carbonyl (C=O) groups excluding carboxylic acids is 1. The Kier molecular flexibility index (Phi) is 7.72. The lowest BCUT2D eigenvalue weighted by Crippen LogP contribution is -2.66. The zero-order valence-electron chi connectivity index (χ0n) is 15.3. The summed E-state index contributed by atoms with van der Waals surface area (Å²) in [6, 6.07) is -1.49. The molecule has 0 spiro atoms. The number of aliphatic hydroxyl groups excluding tert-OH is 4. The molecule has 0 aromatic carbocycles. The lowest BCUT2D eigenvalue weighted by Gasteiger charge is -2.44. The molecule has 7 N–H and O–H groups in total. The van der Waals surface area contributed by atoms with Gasteiger partial charge in [-0.05, 0) is 6.08 Å². The predicted octanol–water partition coefficient (Wildman–Crippen LogP) is -4.18. The van der Waals surface area contributed by atoms with E-state index in [0.29, 0.717) is 6.08 Å². The van der Waals surface area contributed by atoms with Crippen molar-refractivity contribution in [3.63, 3.8) is 0 Å². The van der Waals surface area contributed by atoms with Gasteiger partial charge in [0.15, 0.2) is 6.29 Å². The van der Waals surface area contributed by atoms with Crippen LogP contribution in [0.2, 0.25) is 0 Å². The van der Waals surface area contributed by atoms with Crippen molar-refractivity contribution in [2.75, 3.05) is 6.61 Å². The number of amides is 1. The summed E-state index contributed by atoms with van der Waals surface area (Å²) in [5.74, 6) is -3.07. The number of hydrogen-bond acceptors (Lipinski definition) is 12. The van der Waals surface area contributed by atoms with Crippen molar-refractivity contribution in [2.24, 2.45) is 0 Å². The van der Waals surface area contributed by atoms with Crippen LogP contribution in [0.1, 0.15) is 6.92 Å². The number of aliphatic hydroxyl groups is 4. The molecule has 30 heavy (non-hydrogen) atoms. The normalized spacial score (nSPS) is 37.1. The number of carboxylic acid groups (broad SMARTS) is 1. The first-order chi connectivity index (χ1) is 13.8. The quantitative estimate of drug-likeness (QED) is 0.179. The second-order valence-corrected chi connectivity index (χ2v) is 7.49. The van der Waals surface area contributed by atoms with Gasteiger partial charge in [-0.2, -0.15) is 8.42 Å². The number of carbonyl (C=O) groups is 2. The highest BCUT2D eigenvalue weighted by atomic mass is 32.3. The van der Waals surface area contributed by atoms with E-state index < -0.39 is 83.8 Å². The van der Waals surface area contributed by atoms with Crippen LogP contribution in [0, 0.1) is 0 Å². The van der Waals surface area contributed by atoms with Crippen LogP contribution in [-0.4, -0.2) is 106 Å². The van der Waals surface area contributed by atoms with E-state index in [4.69, 9.17) is 23.9 Å². The molecule has 1 fully saturated rings. The van der Waals surface area contributed by atoms with Crippen LogP contribution in [0.5, 0.6) is 0 Å². The smallest absolute Gasteiger partial charge is 0.397 e. The summed E-state index contributed by atoms with van der Waals surface area (Å²) in [7, 11) is -4.93. The lowest BCUT2D eigenvalue weighted by atomic mass is 9.96. The van der Waals surface area contributed by atoms with Crippen molar-refractivity contribution < 1.29 is 66.5 Å². The number of ether oxygens (including phenoxy) is 3. The van der Waals surface area contributed by atoms with Gasteiger partial charge in [-0.3, -0.25) is 9.35 Å². The first-order valence-electron chi connectivity index (χ1n) is 8.34. The number of carboxylic acids is 1. The van der Waals surface area contributed by atoms with Gasteiger partial charge in [0.2, 0.25) is 18.0 Å². The second kappa shape index (κ2) is 9.50. The number of aliphatic carboxylic acids is 1. The highest BCUT2D eigenvalue weighted by Gasteiger charge is 2.49. The highest BCUT2D eigenvalue weighted by Crippen LogP contribution is 2.28. The van der Waals surface area contributed by atoms with Crippen molar-refractivity contribution in [3.8, 4) is 0 Å². The molecule has 0 aromatic rings. The van der Waals surface area contributed by atoms with Crippen LogP contribution in [0.4, 0.5) is 0 Å². The summed E-state index contributed by atoms with van der Waals surface area (Å²) in [4.78, 5) is 22.5. The van der Waals surface area contributed by atoms with E-state index in [0.717, 1.165) is 6.92 Å². The molecule has 15 nitrogen and oxygen atoms in total. The zero-order valence-corrected chi connectivity index (χ0v) is 16.1. The maximum atomic E-state index is 11.4. The Morgan fingerprint density at radius 3 is 2.37 bits per heavy atom. The van der Waals surface area contributed by atoms with Crippen LogP contribution in [-0.2, 0) is 38.4 Å². The van der Waals surface area contributed by atoms with E-state index in [2.05, 4.69) is 9.50 Å². The maximum absolute atomic E-state index is 11.4. The molecular formula is C14H21NO14S. The summed E-state index contributed by atoms with van der Waals surface area (Å²) in [5.41, 5.74) is 0. The lowest BCUT2D eigenvalue weighted by molar-refractivity contribution is -0.301. The van der Waals surface area contributed by atoms with E-state index in [1.54, 1.807) is 0 Å². The monoisotopic (exact) mass is 459 g/mol. The van der Waals surface area contributed by atoms with Crippen molar-refractivity contribution in [1.29, 1.82) is 0 Å². The molecule has 2 rings (SSSR count). The molecule has 2 heterocycles. The van der Waals surface area contributed by atoms with Crippen molar-refractivity contribution in [1.82, 2.24) is 5.32 Å². The van der Waals surface area contributed by atoms with Gasteiger partial charge < -0.3 is 45.1 Å². The van der Waals surface area contributed by atoms with E-state index in [1.165, 1.54) is 0 Å². The molecule has 8 atom stereocenters. The van der Waals surface area contributed by atoms with E-state index >= 15 is 0 Å². The molecule has 1 saturated heterocycles. The summed E-state index contributed by atoms with van der Waals surface area (Å²) < 4.78 is 49.5. The zero-order chi connectivity index (χ0) is 22.8. The van der Waals surface area contributed by atoms with Gasteiger partial charge in [0.05, 0.1) is 6.61 Å². The SMILES string of the molecule is CC(=O)N[C@H]1C(O)O[C@H](COS(=O)(=O)O)[C@H](O)[C@@H]1OC1OC(C(=O)O)=C[C@H](O)[C@H]1O. The molecule has 1 amide bonds. The Balaban J connectivity index is 2.26. The Morgan fingerprint density at radius 1 is 1.20 bits per heavy atom. The second-order valence-electron chi connectivity index (χ2n) is 6.40.